The van der Waals surface area contributed by atoms with Crippen molar-refractivity contribution < 1.29 is 13.2 Å². The molecule has 3 rings (SSSR count). The molecule has 0 aliphatic rings. The standard InChI is InChI=1S/C15H6F3N3S/c16-15(17,18)14-9(3-4-22-14)13-10-5-8(6-19)1-2-11(10)21-12(13)7-20/h1-5,21H. The number of aromatic amines is 1. The number of nitrogens with zero attached hydrogens (tertiary/aromatic N) is 2. The number of hydrogen-bond donors (Lipinski definition) is 1. The van der Waals surface area contributed by atoms with Gasteiger partial charge in [0.05, 0.1) is 11.6 Å². The lowest BCUT2D eigenvalue weighted by Crippen LogP contribution is -2.03. The van der Waals surface area contributed by atoms with Crippen LogP contribution in [-0.2, 0) is 6.18 Å². The first kappa shape index (κ1) is 14.2. The molecule has 0 bridgehead atoms. The van der Waals surface area contributed by atoms with Crippen LogP contribution < -0.4 is 0 Å². The fourth-order valence-corrected chi connectivity index (χ4v) is 3.12. The van der Waals surface area contributed by atoms with Crippen molar-refractivity contribution in [1.29, 1.82) is 10.5 Å². The van der Waals surface area contributed by atoms with Crippen LogP contribution >= 0.6 is 11.3 Å². The van der Waals surface area contributed by atoms with E-state index in [1.807, 2.05) is 12.1 Å². The number of H-pyrrole nitrogens is 1. The van der Waals surface area contributed by atoms with Crippen LogP contribution in [0.15, 0.2) is 29.6 Å². The number of nitrogens with one attached hydrogen (secondary N) is 1. The second-order valence-electron chi connectivity index (χ2n) is 4.52. The molecular formula is C15H6F3N3S. The highest BCUT2D eigenvalue weighted by Crippen LogP contribution is 2.44. The van der Waals surface area contributed by atoms with Crippen LogP contribution in [-0.4, -0.2) is 4.98 Å². The minimum Gasteiger partial charge on any atom is -0.346 e. The molecule has 0 amide bonds. The lowest BCUT2D eigenvalue weighted by molar-refractivity contribution is -0.133. The number of alkyl halides is 3. The highest BCUT2D eigenvalue weighted by Gasteiger charge is 2.36. The van der Waals surface area contributed by atoms with Gasteiger partial charge in [-0.15, -0.1) is 11.3 Å². The van der Waals surface area contributed by atoms with Crippen molar-refractivity contribution in [2.75, 3.05) is 0 Å². The zero-order valence-electron chi connectivity index (χ0n) is 10.8. The molecule has 2 aromatic heterocycles. The molecule has 3 nitrogen and oxygen atoms in total. The van der Waals surface area contributed by atoms with Gasteiger partial charge < -0.3 is 4.98 Å². The third-order valence-corrected chi connectivity index (χ3v) is 4.19. The average molecular weight is 317 g/mol. The van der Waals surface area contributed by atoms with Gasteiger partial charge in [-0.2, -0.15) is 23.7 Å². The number of rotatable bonds is 1. The maximum atomic E-state index is 13.1. The third kappa shape index (κ3) is 2.12. The molecule has 0 unspecified atom stereocenters. The van der Waals surface area contributed by atoms with Gasteiger partial charge >= 0.3 is 6.18 Å². The lowest BCUT2D eigenvalue weighted by Gasteiger charge is -2.07. The SMILES string of the molecule is N#Cc1ccc2[nH]c(C#N)c(-c3ccsc3C(F)(F)F)c2c1. The molecule has 0 saturated heterocycles. The van der Waals surface area contributed by atoms with Gasteiger partial charge in [0.2, 0.25) is 0 Å². The third-order valence-electron chi connectivity index (χ3n) is 3.23. The summed E-state index contributed by atoms with van der Waals surface area (Å²) in [6.45, 7) is 0. The largest absolute Gasteiger partial charge is 0.426 e. The summed E-state index contributed by atoms with van der Waals surface area (Å²) in [5, 5.41) is 19.9. The Morgan fingerprint density at radius 2 is 1.86 bits per heavy atom. The van der Waals surface area contributed by atoms with E-state index in [0.717, 1.165) is 0 Å². The van der Waals surface area contributed by atoms with E-state index in [0.29, 0.717) is 27.8 Å². The van der Waals surface area contributed by atoms with Gasteiger partial charge in [0.15, 0.2) is 0 Å². The number of nitriles is 2. The van der Waals surface area contributed by atoms with E-state index < -0.39 is 11.1 Å². The van der Waals surface area contributed by atoms with Crippen molar-refractivity contribution in [2.45, 2.75) is 6.18 Å². The quantitative estimate of drug-likeness (QED) is 0.709. The number of halogens is 3. The summed E-state index contributed by atoms with van der Waals surface area (Å²) in [6, 6.07) is 9.79. The summed E-state index contributed by atoms with van der Waals surface area (Å²) in [7, 11) is 0. The Kier molecular flexibility index (Phi) is 3.16. The minimum atomic E-state index is -4.49. The van der Waals surface area contributed by atoms with Gasteiger partial charge in [0.25, 0.3) is 0 Å². The van der Waals surface area contributed by atoms with E-state index in [1.165, 1.54) is 17.5 Å². The molecule has 1 N–H and O–H groups in total. The first-order valence-electron chi connectivity index (χ1n) is 6.06. The van der Waals surface area contributed by atoms with Gasteiger partial charge in [-0.1, -0.05) is 0 Å². The summed E-state index contributed by atoms with van der Waals surface area (Å²) in [5.74, 6) is 0. The van der Waals surface area contributed by atoms with Crippen molar-refractivity contribution >= 4 is 22.2 Å². The van der Waals surface area contributed by atoms with E-state index in [9.17, 15) is 18.4 Å². The molecule has 3 aromatic rings. The van der Waals surface area contributed by atoms with Gasteiger partial charge in [-0.25, -0.2) is 0 Å². The Hall–Kier alpha value is -2.77. The summed E-state index contributed by atoms with van der Waals surface area (Å²) >= 11 is 0.579. The molecule has 0 fully saturated rings. The molecule has 0 atom stereocenters. The molecule has 2 heterocycles. The minimum absolute atomic E-state index is 0.0459. The fraction of sp³-hybridized carbons (Fsp3) is 0.0667. The summed E-state index contributed by atoms with van der Waals surface area (Å²) in [6.07, 6.45) is -4.49. The zero-order chi connectivity index (χ0) is 15.9. The predicted octanol–water partition coefficient (Wildman–Crippen LogP) is 4.66. The second-order valence-corrected chi connectivity index (χ2v) is 5.44. The maximum Gasteiger partial charge on any atom is 0.426 e. The molecule has 0 aliphatic carbocycles. The Balaban J connectivity index is 2.38. The molecule has 108 valence electrons. The normalized spacial score (nSPS) is 11.3. The smallest absolute Gasteiger partial charge is 0.346 e. The monoisotopic (exact) mass is 317 g/mol. The van der Waals surface area contributed by atoms with Crippen LogP contribution in [0, 0.1) is 22.7 Å². The molecule has 1 aromatic carbocycles. The molecule has 0 saturated carbocycles. The van der Waals surface area contributed by atoms with Gasteiger partial charge in [0.1, 0.15) is 16.6 Å². The van der Waals surface area contributed by atoms with Crippen molar-refractivity contribution in [2.24, 2.45) is 0 Å². The maximum absolute atomic E-state index is 13.1. The van der Waals surface area contributed by atoms with Crippen LogP contribution in [0.25, 0.3) is 22.0 Å². The first-order valence-corrected chi connectivity index (χ1v) is 6.94. The number of aromatic nitrogens is 1. The van der Waals surface area contributed by atoms with Crippen molar-refractivity contribution in [1.82, 2.24) is 4.98 Å². The molecule has 7 heteroatoms. The van der Waals surface area contributed by atoms with E-state index in [1.54, 1.807) is 12.1 Å². The Labute approximate surface area is 126 Å². The van der Waals surface area contributed by atoms with Crippen LogP contribution in [0.3, 0.4) is 0 Å². The van der Waals surface area contributed by atoms with E-state index in [4.69, 9.17) is 5.26 Å². The molecule has 0 aliphatic heterocycles. The topological polar surface area (TPSA) is 63.4 Å². The Morgan fingerprint density at radius 1 is 1.09 bits per heavy atom. The van der Waals surface area contributed by atoms with Crippen LogP contribution in [0.5, 0.6) is 0 Å². The lowest BCUT2D eigenvalue weighted by atomic mass is 10.0. The zero-order valence-corrected chi connectivity index (χ0v) is 11.6. The number of fused-ring (bicyclic) bond motifs is 1. The van der Waals surface area contributed by atoms with Crippen molar-refractivity contribution in [3.05, 3.63) is 45.8 Å². The molecule has 22 heavy (non-hydrogen) atoms. The summed E-state index contributed by atoms with van der Waals surface area (Å²) < 4.78 is 39.4. The molecule has 0 spiro atoms. The highest BCUT2D eigenvalue weighted by molar-refractivity contribution is 7.10. The van der Waals surface area contributed by atoms with Gasteiger partial charge in [-0.05, 0) is 29.6 Å². The Morgan fingerprint density at radius 3 is 2.50 bits per heavy atom. The predicted molar refractivity (Wildman–Crippen MR) is 76.0 cm³/mol. The Bertz CT molecular complexity index is 951. The number of hydrogen-bond acceptors (Lipinski definition) is 3. The summed E-state index contributed by atoms with van der Waals surface area (Å²) in [4.78, 5) is 2.04. The number of thiophene rings is 1. The molecule has 0 radical (unpaired) electrons. The van der Waals surface area contributed by atoms with Crippen LogP contribution in [0.2, 0.25) is 0 Å². The highest BCUT2D eigenvalue weighted by atomic mass is 32.1. The second kappa shape index (κ2) is 4.90. The van der Waals surface area contributed by atoms with Crippen LogP contribution in [0.1, 0.15) is 16.1 Å². The van der Waals surface area contributed by atoms with Crippen molar-refractivity contribution in [3.63, 3.8) is 0 Å². The van der Waals surface area contributed by atoms with Crippen LogP contribution in [0.4, 0.5) is 13.2 Å². The average Bonchev–Trinajstić information content (AvgIpc) is 3.09. The van der Waals surface area contributed by atoms with E-state index in [-0.39, 0.29) is 16.8 Å². The first-order chi connectivity index (χ1) is 10.5. The number of benzene rings is 1. The van der Waals surface area contributed by atoms with E-state index in [2.05, 4.69) is 4.98 Å². The van der Waals surface area contributed by atoms with Gasteiger partial charge in [0, 0.05) is 22.0 Å². The molecular weight excluding hydrogens is 311 g/mol. The van der Waals surface area contributed by atoms with E-state index >= 15 is 0 Å². The summed E-state index contributed by atoms with van der Waals surface area (Å²) in [5.41, 5.74) is 1.03. The fourth-order valence-electron chi connectivity index (χ4n) is 2.35. The van der Waals surface area contributed by atoms with Crippen molar-refractivity contribution in [3.8, 4) is 23.3 Å². The van der Waals surface area contributed by atoms with Gasteiger partial charge in [-0.3, -0.25) is 0 Å².